The van der Waals surface area contributed by atoms with Gasteiger partial charge in [-0.15, -0.1) is 0 Å². The summed E-state index contributed by atoms with van der Waals surface area (Å²) < 4.78 is 23.0. The van der Waals surface area contributed by atoms with E-state index >= 15 is 0 Å². The van der Waals surface area contributed by atoms with Crippen LogP contribution in [0.15, 0.2) is 28.9 Å². The molecule has 0 spiro atoms. The molecule has 1 aromatic heterocycles. The van der Waals surface area contributed by atoms with Gasteiger partial charge in [-0.05, 0) is 18.6 Å². The van der Waals surface area contributed by atoms with Crippen molar-refractivity contribution in [3.63, 3.8) is 0 Å². The van der Waals surface area contributed by atoms with Crippen molar-refractivity contribution in [3.8, 4) is 0 Å². The second-order valence-electron chi connectivity index (χ2n) is 3.73. The number of nitrogens with one attached hydrogen (secondary N) is 1. The average molecular weight is 305 g/mol. The number of allylic oxidation sites excluding steroid dienone is 1. The molecule has 0 unspecified atom stereocenters. The Bertz CT molecular complexity index is 608. The van der Waals surface area contributed by atoms with E-state index in [0.717, 1.165) is 6.26 Å². The fourth-order valence-electron chi connectivity index (χ4n) is 1.44. The van der Waals surface area contributed by atoms with Gasteiger partial charge in [0.25, 0.3) is 0 Å². The summed E-state index contributed by atoms with van der Waals surface area (Å²) in [7, 11) is -3.83. The first kappa shape index (κ1) is 15.5. The molecule has 19 heavy (non-hydrogen) atoms. The molecular weight excluding hydrogens is 292 g/mol. The van der Waals surface area contributed by atoms with E-state index in [9.17, 15) is 13.2 Å². The zero-order valence-corrected chi connectivity index (χ0v) is 11.9. The van der Waals surface area contributed by atoms with Gasteiger partial charge in [-0.25, -0.2) is 18.2 Å². The van der Waals surface area contributed by atoms with Crippen molar-refractivity contribution < 1.29 is 18.3 Å². The normalized spacial score (nSPS) is 12.8. The summed E-state index contributed by atoms with van der Waals surface area (Å²) >= 11 is 5.63. The van der Waals surface area contributed by atoms with Crippen LogP contribution in [-0.4, -0.2) is 30.7 Å². The standard InChI is InChI=1S/C11H13ClN2O4S/c1-3-8(10(11(15)16)19(2,17)18)14-7-4-5-9(12)13-6-7/h4-6,14H,3H2,1-2H3,(H,15,16). The van der Waals surface area contributed by atoms with Crippen LogP contribution in [0.1, 0.15) is 13.3 Å². The van der Waals surface area contributed by atoms with Crippen LogP contribution in [0.2, 0.25) is 5.15 Å². The lowest BCUT2D eigenvalue weighted by Gasteiger charge is -2.12. The average Bonchev–Trinajstić information content (AvgIpc) is 2.28. The zero-order valence-electron chi connectivity index (χ0n) is 10.3. The van der Waals surface area contributed by atoms with Crippen molar-refractivity contribution in [1.29, 1.82) is 0 Å². The molecule has 8 heteroatoms. The molecule has 0 bridgehead atoms. The third kappa shape index (κ3) is 4.22. The van der Waals surface area contributed by atoms with Crippen molar-refractivity contribution >= 4 is 33.1 Å². The number of halogens is 1. The molecule has 1 aromatic rings. The molecule has 0 fully saturated rings. The van der Waals surface area contributed by atoms with Crippen LogP contribution in [0.5, 0.6) is 0 Å². The Morgan fingerprint density at radius 2 is 2.11 bits per heavy atom. The van der Waals surface area contributed by atoms with Gasteiger partial charge in [0.2, 0.25) is 0 Å². The maximum Gasteiger partial charge on any atom is 0.349 e. The zero-order chi connectivity index (χ0) is 14.6. The van der Waals surface area contributed by atoms with Crippen LogP contribution in [-0.2, 0) is 14.6 Å². The summed E-state index contributed by atoms with van der Waals surface area (Å²) in [6, 6.07) is 3.09. The van der Waals surface area contributed by atoms with E-state index in [2.05, 4.69) is 10.3 Å². The van der Waals surface area contributed by atoms with Crippen molar-refractivity contribution in [1.82, 2.24) is 4.98 Å². The molecule has 2 N–H and O–H groups in total. The van der Waals surface area contributed by atoms with Crippen LogP contribution in [0, 0.1) is 0 Å². The highest BCUT2D eigenvalue weighted by molar-refractivity contribution is 7.95. The first-order chi connectivity index (χ1) is 8.75. The maximum absolute atomic E-state index is 11.5. The smallest absolute Gasteiger partial charge is 0.349 e. The fourth-order valence-corrected chi connectivity index (χ4v) is 2.51. The van der Waals surface area contributed by atoms with Crippen molar-refractivity contribution in [2.75, 3.05) is 11.6 Å². The predicted molar refractivity (Wildman–Crippen MR) is 72.7 cm³/mol. The van der Waals surface area contributed by atoms with Gasteiger partial charge in [-0.3, -0.25) is 0 Å². The summed E-state index contributed by atoms with van der Waals surface area (Å²) in [5.41, 5.74) is 0.558. The molecule has 0 atom stereocenters. The molecule has 0 radical (unpaired) electrons. The van der Waals surface area contributed by atoms with E-state index in [-0.39, 0.29) is 17.3 Å². The molecule has 0 saturated carbocycles. The quantitative estimate of drug-likeness (QED) is 0.637. The first-order valence-electron chi connectivity index (χ1n) is 5.30. The molecule has 0 aliphatic carbocycles. The highest BCUT2D eigenvalue weighted by atomic mass is 35.5. The molecular formula is C11H13ClN2O4S. The fraction of sp³-hybridized carbons (Fsp3) is 0.273. The highest BCUT2D eigenvalue weighted by Crippen LogP contribution is 2.19. The highest BCUT2D eigenvalue weighted by Gasteiger charge is 2.24. The van der Waals surface area contributed by atoms with Gasteiger partial charge >= 0.3 is 5.97 Å². The Kier molecular flexibility index (Phi) is 4.90. The number of carboxylic acids is 1. The molecule has 1 rings (SSSR count). The minimum atomic E-state index is -3.83. The second kappa shape index (κ2) is 6.03. The van der Waals surface area contributed by atoms with Gasteiger partial charge in [0.1, 0.15) is 5.15 Å². The number of aromatic nitrogens is 1. The molecule has 6 nitrogen and oxygen atoms in total. The lowest BCUT2D eigenvalue weighted by molar-refractivity contribution is -0.131. The Labute approximate surface area is 116 Å². The summed E-state index contributed by atoms with van der Waals surface area (Å²) in [5.74, 6) is -1.49. The van der Waals surface area contributed by atoms with E-state index in [1.165, 1.54) is 12.3 Å². The van der Waals surface area contributed by atoms with Crippen LogP contribution < -0.4 is 5.32 Å². The molecule has 0 amide bonds. The topological polar surface area (TPSA) is 96.4 Å². The second-order valence-corrected chi connectivity index (χ2v) is 6.07. The molecule has 1 heterocycles. The number of pyridine rings is 1. The van der Waals surface area contributed by atoms with Gasteiger partial charge < -0.3 is 10.4 Å². The molecule has 0 aliphatic heterocycles. The lowest BCUT2D eigenvalue weighted by atomic mass is 10.3. The van der Waals surface area contributed by atoms with Gasteiger partial charge in [0.05, 0.1) is 11.9 Å². The summed E-state index contributed by atoms with van der Waals surface area (Å²) in [6.07, 6.45) is 2.46. The maximum atomic E-state index is 11.5. The Balaban J connectivity index is 3.24. The van der Waals surface area contributed by atoms with Gasteiger partial charge in [-0.1, -0.05) is 18.5 Å². The van der Waals surface area contributed by atoms with Gasteiger partial charge in [-0.2, -0.15) is 0 Å². The van der Waals surface area contributed by atoms with Crippen molar-refractivity contribution in [3.05, 3.63) is 34.1 Å². The van der Waals surface area contributed by atoms with Gasteiger partial charge in [0.15, 0.2) is 14.7 Å². The van der Waals surface area contributed by atoms with E-state index in [1.807, 2.05) is 0 Å². The van der Waals surface area contributed by atoms with E-state index in [0.29, 0.717) is 5.69 Å². The number of rotatable bonds is 5. The van der Waals surface area contributed by atoms with E-state index in [1.54, 1.807) is 13.0 Å². The van der Waals surface area contributed by atoms with Crippen LogP contribution in [0.3, 0.4) is 0 Å². The summed E-state index contributed by atoms with van der Waals surface area (Å²) in [4.78, 5) is 14.2. The lowest BCUT2D eigenvalue weighted by Crippen LogP contribution is -2.17. The van der Waals surface area contributed by atoms with Crippen molar-refractivity contribution in [2.24, 2.45) is 0 Å². The SMILES string of the molecule is CCC(Nc1ccc(Cl)nc1)=C(C(=O)O)S(C)(=O)=O. The van der Waals surface area contributed by atoms with Crippen LogP contribution >= 0.6 is 11.6 Å². The molecule has 0 aromatic carbocycles. The monoisotopic (exact) mass is 304 g/mol. The molecule has 104 valence electrons. The Morgan fingerprint density at radius 1 is 1.47 bits per heavy atom. The van der Waals surface area contributed by atoms with Gasteiger partial charge in [0, 0.05) is 12.0 Å². The first-order valence-corrected chi connectivity index (χ1v) is 7.57. The number of carbonyl (C=O) groups is 1. The summed E-state index contributed by atoms with van der Waals surface area (Å²) in [6.45, 7) is 1.65. The van der Waals surface area contributed by atoms with Crippen LogP contribution in [0.4, 0.5) is 5.69 Å². The van der Waals surface area contributed by atoms with Crippen LogP contribution in [0.25, 0.3) is 0 Å². The molecule has 0 aliphatic rings. The largest absolute Gasteiger partial charge is 0.477 e. The predicted octanol–water partition coefficient (Wildman–Crippen LogP) is 1.90. The van der Waals surface area contributed by atoms with E-state index < -0.39 is 20.7 Å². The van der Waals surface area contributed by atoms with E-state index in [4.69, 9.17) is 16.7 Å². The number of sulfone groups is 1. The number of anilines is 1. The Hall–Kier alpha value is -1.60. The third-order valence-corrected chi connectivity index (χ3v) is 3.60. The number of hydrogen-bond donors (Lipinski definition) is 2. The number of aliphatic carboxylic acids is 1. The number of nitrogens with zero attached hydrogens (tertiary/aromatic N) is 1. The minimum absolute atomic E-state index is 0.0964. The third-order valence-electron chi connectivity index (χ3n) is 2.22. The number of carboxylic acid groups (broad SMARTS) is 1. The minimum Gasteiger partial charge on any atom is -0.477 e. The number of hydrogen-bond acceptors (Lipinski definition) is 5. The summed E-state index contributed by atoms with van der Waals surface area (Å²) in [5, 5.41) is 12.0. The van der Waals surface area contributed by atoms with Crippen molar-refractivity contribution in [2.45, 2.75) is 13.3 Å². The molecule has 0 saturated heterocycles. The Morgan fingerprint density at radius 3 is 2.47 bits per heavy atom.